The minimum absolute atomic E-state index is 0.314. The maximum Gasteiger partial charge on any atom is 0.153 e. The summed E-state index contributed by atoms with van der Waals surface area (Å²) in [4.78, 5) is 4.20. The second-order valence-corrected chi connectivity index (χ2v) is 3.51. The molecule has 1 heterocycles. The smallest absolute Gasteiger partial charge is 0.153 e. The summed E-state index contributed by atoms with van der Waals surface area (Å²) in [5, 5.41) is 0. The number of ether oxygens (including phenoxy) is 1. The number of benzene rings is 2. The highest BCUT2D eigenvalue weighted by molar-refractivity contribution is 5.87. The third-order valence-corrected chi connectivity index (χ3v) is 2.40. The number of aliphatic imine (C=N–C) groups is 1. The summed E-state index contributed by atoms with van der Waals surface area (Å²) in [5.74, 6) is 0.990. The van der Waals surface area contributed by atoms with E-state index in [2.05, 4.69) is 4.99 Å². The van der Waals surface area contributed by atoms with Gasteiger partial charge < -0.3 is 4.74 Å². The van der Waals surface area contributed by atoms with Crippen LogP contribution in [0.25, 0.3) is 0 Å². The summed E-state index contributed by atoms with van der Waals surface area (Å²) in [6, 6.07) is 11.9. The Morgan fingerprint density at radius 3 is 2.81 bits per heavy atom. The van der Waals surface area contributed by atoms with E-state index in [-0.39, 0.29) is 5.82 Å². The minimum Gasteiger partial charge on any atom is -0.454 e. The normalized spacial score (nSPS) is 12.3. The van der Waals surface area contributed by atoms with Gasteiger partial charge in [-0.15, -0.1) is 0 Å². The van der Waals surface area contributed by atoms with Crippen molar-refractivity contribution in [2.75, 3.05) is 0 Å². The van der Waals surface area contributed by atoms with Gasteiger partial charge in [0.05, 0.1) is 0 Å². The van der Waals surface area contributed by atoms with Gasteiger partial charge in [-0.3, -0.25) is 4.99 Å². The largest absolute Gasteiger partial charge is 0.454 e. The molecule has 2 aromatic rings. The molecule has 0 amide bonds. The van der Waals surface area contributed by atoms with Gasteiger partial charge in [-0.05, 0) is 24.3 Å². The zero-order chi connectivity index (χ0) is 11.0. The van der Waals surface area contributed by atoms with Gasteiger partial charge in [-0.25, -0.2) is 4.39 Å². The Kier molecular flexibility index (Phi) is 1.96. The van der Waals surface area contributed by atoms with Crippen LogP contribution in [0.1, 0.15) is 5.56 Å². The fourth-order valence-corrected chi connectivity index (χ4v) is 1.62. The second-order valence-electron chi connectivity index (χ2n) is 3.51. The summed E-state index contributed by atoms with van der Waals surface area (Å²) in [6.07, 6.45) is 1.68. The molecule has 0 bridgehead atoms. The minimum atomic E-state index is -0.314. The molecule has 0 atom stereocenters. The number of para-hydroxylation sites is 1. The zero-order valence-corrected chi connectivity index (χ0v) is 8.35. The molecule has 0 aromatic heterocycles. The molecule has 0 radical (unpaired) electrons. The molecule has 3 rings (SSSR count). The lowest BCUT2D eigenvalue weighted by atomic mass is 10.2. The molecular weight excluding hydrogens is 205 g/mol. The fraction of sp³-hybridized carbons (Fsp3) is 0. The number of halogens is 1. The maximum absolute atomic E-state index is 13.0. The van der Waals surface area contributed by atoms with Crippen LogP contribution in [0.15, 0.2) is 47.5 Å². The Bertz CT molecular complexity index is 578. The lowest BCUT2D eigenvalue weighted by Crippen LogP contribution is -1.87. The molecule has 0 saturated heterocycles. The van der Waals surface area contributed by atoms with E-state index in [0.29, 0.717) is 11.4 Å². The summed E-state index contributed by atoms with van der Waals surface area (Å²) >= 11 is 0. The highest BCUT2D eigenvalue weighted by Crippen LogP contribution is 2.35. The van der Waals surface area contributed by atoms with Crippen LogP contribution in [0, 0.1) is 5.82 Å². The molecule has 0 N–H and O–H groups in total. The van der Waals surface area contributed by atoms with Crippen LogP contribution in [-0.2, 0) is 0 Å². The van der Waals surface area contributed by atoms with Crippen molar-refractivity contribution in [2.45, 2.75) is 0 Å². The molecule has 0 fully saturated rings. The lowest BCUT2D eigenvalue weighted by molar-refractivity contribution is 0.483. The first-order valence-electron chi connectivity index (χ1n) is 4.93. The van der Waals surface area contributed by atoms with Crippen molar-refractivity contribution in [1.29, 1.82) is 0 Å². The van der Waals surface area contributed by atoms with E-state index in [9.17, 15) is 4.39 Å². The van der Waals surface area contributed by atoms with Crippen LogP contribution in [0.3, 0.4) is 0 Å². The molecule has 2 aromatic carbocycles. The molecule has 0 aliphatic carbocycles. The molecule has 1 aliphatic heterocycles. The van der Waals surface area contributed by atoms with Crippen molar-refractivity contribution >= 4 is 11.9 Å². The van der Waals surface area contributed by atoms with Gasteiger partial charge in [-0.1, -0.05) is 12.1 Å². The van der Waals surface area contributed by atoms with Crippen molar-refractivity contribution in [2.24, 2.45) is 4.99 Å². The summed E-state index contributed by atoms with van der Waals surface area (Å²) in [6.45, 7) is 0. The van der Waals surface area contributed by atoms with E-state index in [1.807, 2.05) is 24.3 Å². The Morgan fingerprint density at radius 1 is 1.00 bits per heavy atom. The number of rotatable bonds is 0. The molecule has 3 heteroatoms. The van der Waals surface area contributed by atoms with Gasteiger partial charge in [0.25, 0.3) is 0 Å². The van der Waals surface area contributed by atoms with Gasteiger partial charge in [0.1, 0.15) is 17.3 Å². The topological polar surface area (TPSA) is 21.6 Å². The standard InChI is InChI=1S/C13H8FNO/c14-10-5-6-13-11(7-10)15-8-9-3-1-2-4-12(9)16-13/h1-8H. The van der Waals surface area contributed by atoms with Gasteiger partial charge in [0, 0.05) is 17.8 Å². The van der Waals surface area contributed by atoms with E-state index < -0.39 is 0 Å². The fourth-order valence-electron chi connectivity index (χ4n) is 1.62. The zero-order valence-electron chi connectivity index (χ0n) is 8.35. The second kappa shape index (κ2) is 3.45. The number of nitrogens with zero attached hydrogens (tertiary/aromatic N) is 1. The van der Waals surface area contributed by atoms with E-state index in [1.165, 1.54) is 12.1 Å². The maximum atomic E-state index is 13.0. The summed E-state index contributed by atoms with van der Waals surface area (Å²) in [5.41, 5.74) is 1.40. The molecular formula is C13H8FNO. The van der Waals surface area contributed by atoms with Crippen LogP contribution >= 0.6 is 0 Å². The molecule has 2 nitrogen and oxygen atoms in total. The number of hydrogen-bond donors (Lipinski definition) is 0. The third-order valence-electron chi connectivity index (χ3n) is 2.40. The Labute approximate surface area is 92.0 Å². The van der Waals surface area contributed by atoms with Gasteiger partial charge >= 0.3 is 0 Å². The first-order chi connectivity index (χ1) is 7.83. The number of hydrogen-bond acceptors (Lipinski definition) is 2. The van der Waals surface area contributed by atoms with Crippen molar-refractivity contribution in [3.63, 3.8) is 0 Å². The predicted octanol–water partition coefficient (Wildman–Crippen LogP) is 3.68. The highest BCUT2D eigenvalue weighted by Gasteiger charge is 2.11. The van der Waals surface area contributed by atoms with E-state index in [1.54, 1.807) is 12.3 Å². The molecule has 78 valence electrons. The van der Waals surface area contributed by atoms with Crippen LogP contribution in [-0.4, -0.2) is 6.21 Å². The SMILES string of the molecule is Fc1ccc2c(c1)N=Cc1ccccc1O2. The Balaban J connectivity index is 2.17. The van der Waals surface area contributed by atoms with Crippen LogP contribution in [0.5, 0.6) is 11.5 Å². The molecule has 0 spiro atoms. The predicted molar refractivity (Wildman–Crippen MR) is 60.2 cm³/mol. The van der Waals surface area contributed by atoms with Crippen molar-refractivity contribution in [1.82, 2.24) is 0 Å². The van der Waals surface area contributed by atoms with Gasteiger partial charge in [-0.2, -0.15) is 0 Å². The van der Waals surface area contributed by atoms with Crippen molar-refractivity contribution in [3.05, 3.63) is 53.8 Å². The van der Waals surface area contributed by atoms with Gasteiger partial charge in [0.15, 0.2) is 5.75 Å². The molecule has 16 heavy (non-hydrogen) atoms. The Morgan fingerprint density at radius 2 is 1.88 bits per heavy atom. The molecule has 0 unspecified atom stereocenters. The van der Waals surface area contributed by atoms with E-state index >= 15 is 0 Å². The lowest BCUT2D eigenvalue weighted by Gasteiger charge is -2.06. The van der Waals surface area contributed by atoms with Gasteiger partial charge in [0.2, 0.25) is 0 Å². The average Bonchev–Trinajstić information content (AvgIpc) is 2.48. The van der Waals surface area contributed by atoms with Crippen LogP contribution in [0.4, 0.5) is 10.1 Å². The molecule has 0 saturated carbocycles. The highest BCUT2D eigenvalue weighted by atomic mass is 19.1. The van der Waals surface area contributed by atoms with Crippen molar-refractivity contribution in [3.8, 4) is 11.5 Å². The van der Waals surface area contributed by atoms with E-state index in [0.717, 1.165) is 11.3 Å². The first-order valence-corrected chi connectivity index (χ1v) is 4.93. The Hall–Kier alpha value is -2.16. The van der Waals surface area contributed by atoms with Crippen LogP contribution < -0.4 is 4.74 Å². The third kappa shape index (κ3) is 1.46. The summed E-state index contributed by atoms with van der Waals surface area (Å²) in [7, 11) is 0. The quantitative estimate of drug-likeness (QED) is 0.558. The van der Waals surface area contributed by atoms with Crippen LogP contribution in [0.2, 0.25) is 0 Å². The van der Waals surface area contributed by atoms with Crippen molar-refractivity contribution < 1.29 is 9.13 Å². The molecule has 1 aliphatic rings. The average molecular weight is 213 g/mol. The monoisotopic (exact) mass is 213 g/mol. The summed E-state index contributed by atoms with van der Waals surface area (Å²) < 4.78 is 18.7. The first kappa shape index (κ1) is 9.09. The van der Waals surface area contributed by atoms with E-state index in [4.69, 9.17) is 4.74 Å². The number of fused-ring (bicyclic) bond motifs is 2.